The van der Waals surface area contributed by atoms with Crippen molar-refractivity contribution in [3.63, 3.8) is 0 Å². The van der Waals surface area contributed by atoms with Crippen molar-refractivity contribution in [3.8, 4) is 22.5 Å². The predicted molar refractivity (Wildman–Crippen MR) is 119 cm³/mol. The Bertz CT molecular complexity index is 1360. The first-order chi connectivity index (χ1) is 16.0. The van der Waals surface area contributed by atoms with Crippen LogP contribution in [0.15, 0.2) is 48.5 Å². The minimum Gasteiger partial charge on any atom is -0.252 e. The maximum atomic E-state index is 15.0. The average molecular weight is 464 g/mol. The lowest BCUT2D eigenvalue weighted by atomic mass is 9.77. The van der Waals surface area contributed by atoms with E-state index in [9.17, 15) is 17.6 Å². The van der Waals surface area contributed by atoms with Gasteiger partial charge >= 0.3 is 0 Å². The Balaban J connectivity index is 1.93. The molecule has 0 atom stereocenters. The first-order valence-electron chi connectivity index (χ1n) is 10.7. The van der Waals surface area contributed by atoms with E-state index in [1.54, 1.807) is 50.2 Å². The predicted octanol–water partition coefficient (Wildman–Crippen LogP) is 6.12. The van der Waals surface area contributed by atoms with Crippen LogP contribution in [-0.4, -0.2) is 19.9 Å². The molecular formula is C26H20F4N4. The third kappa shape index (κ3) is 3.28. The van der Waals surface area contributed by atoms with Crippen LogP contribution in [0.3, 0.4) is 0 Å². The maximum absolute atomic E-state index is 15.0. The molecule has 4 nitrogen and oxygen atoms in total. The zero-order valence-electron chi connectivity index (χ0n) is 18.9. The van der Waals surface area contributed by atoms with E-state index in [1.807, 2.05) is 13.8 Å². The molecule has 5 heterocycles. The molecule has 0 saturated carbocycles. The van der Waals surface area contributed by atoms with Crippen LogP contribution in [0.1, 0.15) is 50.2 Å². The average Bonchev–Trinajstić information content (AvgIpc) is 2.78. The number of fused-ring (bicyclic) bond motifs is 10. The fraction of sp³-hybridized carbons (Fsp3) is 0.231. The molecular weight excluding hydrogens is 444 g/mol. The summed E-state index contributed by atoms with van der Waals surface area (Å²) in [5, 5.41) is 0. The number of hydrogen-bond donors (Lipinski definition) is 0. The van der Waals surface area contributed by atoms with E-state index in [4.69, 9.17) is 0 Å². The van der Waals surface area contributed by atoms with E-state index in [1.165, 1.54) is 12.1 Å². The molecule has 1 aliphatic heterocycles. The number of aromatic nitrogens is 4. The Morgan fingerprint density at radius 2 is 0.941 bits per heavy atom. The van der Waals surface area contributed by atoms with Gasteiger partial charge in [-0.3, -0.25) is 9.97 Å². The van der Waals surface area contributed by atoms with Gasteiger partial charge in [0, 0.05) is 22.0 Å². The van der Waals surface area contributed by atoms with Crippen molar-refractivity contribution in [3.05, 3.63) is 94.8 Å². The van der Waals surface area contributed by atoms with Gasteiger partial charge in [0.2, 0.25) is 23.8 Å². The summed E-state index contributed by atoms with van der Waals surface area (Å²) in [4.78, 5) is 16.2. The lowest BCUT2D eigenvalue weighted by Crippen LogP contribution is -2.25. The van der Waals surface area contributed by atoms with Crippen molar-refractivity contribution in [2.45, 2.75) is 38.5 Å². The van der Waals surface area contributed by atoms with Gasteiger partial charge in [0.15, 0.2) is 0 Å². The molecule has 0 N–H and O–H groups in total. The van der Waals surface area contributed by atoms with Crippen LogP contribution in [0.4, 0.5) is 17.6 Å². The second-order valence-electron chi connectivity index (χ2n) is 9.40. The van der Waals surface area contributed by atoms with Crippen LogP contribution in [0.25, 0.3) is 22.5 Å². The third-order valence-electron chi connectivity index (χ3n) is 6.54. The molecule has 8 bridgehead atoms. The molecule has 0 aromatic carbocycles. The van der Waals surface area contributed by atoms with Gasteiger partial charge in [0.25, 0.3) is 0 Å². The highest BCUT2D eigenvalue weighted by Crippen LogP contribution is 2.39. The Morgan fingerprint density at radius 3 is 1.35 bits per heavy atom. The topological polar surface area (TPSA) is 51.6 Å². The van der Waals surface area contributed by atoms with Gasteiger partial charge in [0.05, 0.1) is 33.9 Å². The second-order valence-corrected chi connectivity index (χ2v) is 9.40. The summed E-state index contributed by atoms with van der Waals surface area (Å²) in [5.41, 5.74) is -0.692. The Labute approximate surface area is 193 Å². The summed E-state index contributed by atoms with van der Waals surface area (Å²) in [5.74, 6) is -4.27. The second kappa shape index (κ2) is 7.41. The Morgan fingerprint density at radius 1 is 0.529 bits per heavy atom. The summed E-state index contributed by atoms with van der Waals surface area (Å²) in [6, 6.07) is 12.8. The van der Waals surface area contributed by atoms with Crippen LogP contribution in [0.5, 0.6) is 0 Å². The normalized spacial score (nSPS) is 15.5. The molecule has 1 aliphatic rings. The van der Waals surface area contributed by atoms with Crippen LogP contribution < -0.4 is 0 Å². The molecule has 172 valence electrons. The number of nitrogens with zero attached hydrogens (tertiary/aromatic N) is 4. The van der Waals surface area contributed by atoms with Crippen LogP contribution in [0, 0.1) is 23.8 Å². The van der Waals surface area contributed by atoms with E-state index < -0.39 is 34.6 Å². The Kier molecular flexibility index (Phi) is 4.83. The van der Waals surface area contributed by atoms with Gasteiger partial charge in [-0.05, 0) is 50.2 Å². The first-order valence-corrected chi connectivity index (χ1v) is 10.7. The van der Waals surface area contributed by atoms with Gasteiger partial charge in [-0.15, -0.1) is 0 Å². The van der Waals surface area contributed by atoms with Crippen molar-refractivity contribution in [2.75, 3.05) is 0 Å². The smallest absolute Gasteiger partial charge is 0.224 e. The standard InChI is InChI=1S/C26H20F4N4/c1-25(2)15-11-13(21(27)33-23(15)29)17-7-5-9-19(31-17)26(3,4)20-10-6-8-18(32-20)14-12-16(25)24(30)34-22(14)28/h5-12H,1-4H3. The molecule has 0 spiro atoms. The highest BCUT2D eigenvalue weighted by atomic mass is 19.1. The summed E-state index contributed by atoms with van der Waals surface area (Å²) in [6.45, 7) is 6.85. The molecule has 4 aromatic rings. The molecule has 0 aliphatic carbocycles. The molecule has 0 saturated heterocycles. The van der Waals surface area contributed by atoms with Gasteiger partial charge in [-0.2, -0.15) is 27.5 Å². The number of hydrogen-bond acceptors (Lipinski definition) is 4. The maximum Gasteiger partial charge on any atom is 0.224 e. The van der Waals surface area contributed by atoms with Crippen LogP contribution in [0.2, 0.25) is 0 Å². The molecule has 0 radical (unpaired) electrons. The van der Waals surface area contributed by atoms with Crippen molar-refractivity contribution < 1.29 is 17.6 Å². The van der Waals surface area contributed by atoms with E-state index >= 15 is 0 Å². The fourth-order valence-electron chi connectivity index (χ4n) is 4.32. The fourth-order valence-corrected chi connectivity index (χ4v) is 4.32. The van der Waals surface area contributed by atoms with E-state index in [-0.39, 0.29) is 33.6 Å². The van der Waals surface area contributed by atoms with Crippen molar-refractivity contribution >= 4 is 0 Å². The monoisotopic (exact) mass is 464 g/mol. The van der Waals surface area contributed by atoms with Crippen LogP contribution in [-0.2, 0) is 10.8 Å². The zero-order chi connectivity index (χ0) is 24.4. The number of pyridine rings is 4. The van der Waals surface area contributed by atoms with Crippen molar-refractivity contribution in [1.82, 2.24) is 19.9 Å². The SMILES string of the molecule is CC1(C)c2cccc(n2)-c2cc(c(F)nc2F)C(C)(C)c2cc(c(F)nc2F)-c2cccc1n2. The summed E-state index contributed by atoms with van der Waals surface area (Å²) in [7, 11) is 0. The van der Waals surface area contributed by atoms with Gasteiger partial charge in [0.1, 0.15) is 0 Å². The third-order valence-corrected chi connectivity index (χ3v) is 6.54. The zero-order valence-corrected chi connectivity index (χ0v) is 18.9. The first kappa shape index (κ1) is 22.1. The quantitative estimate of drug-likeness (QED) is 0.232. The molecule has 0 unspecified atom stereocenters. The molecule has 5 rings (SSSR count). The number of halogens is 4. The highest BCUT2D eigenvalue weighted by molar-refractivity contribution is 5.64. The molecule has 34 heavy (non-hydrogen) atoms. The minimum absolute atomic E-state index is 0.0309. The van der Waals surface area contributed by atoms with E-state index in [2.05, 4.69) is 19.9 Å². The Hall–Kier alpha value is -3.68. The highest BCUT2D eigenvalue weighted by Gasteiger charge is 2.35. The molecule has 0 fully saturated rings. The molecule has 4 aromatic heterocycles. The minimum atomic E-state index is -1.38. The van der Waals surface area contributed by atoms with Crippen molar-refractivity contribution in [1.29, 1.82) is 0 Å². The number of rotatable bonds is 0. The summed E-state index contributed by atoms with van der Waals surface area (Å²) in [6.07, 6.45) is 0. The largest absolute Gasteiger partial charge is 0.252 e. The molecule has 8 heteroatoms. The van der Waals surface area contributed by atoms with Crippen LogP contribution >= 0.6 is 0 Å². The van der Waals surface area contributed by atoms with E-state index in [0.717, 1.165) is 0 Å². The van der Waals surface area contributed by atoms with Gasteiger partial charge in [-0.1, -0.05) is 26.0 Å². The van der Waals surface area contributed by atoms with E-state index in [0.29, 0.717) is 11.4 Å². The summed E-state index contributed by atoms with van der Waals surface area (Å²) >= 11 is 0. The lowest BCUT2D eigenvalue weighted by molar-refractivity contribution is 0.453. The molecule has 0 amide bonds. The van der Waals surface area contributed by atoms with Crippen molar-refractivity contribution in [2.24, 2.45) is 0 Å². The van der Waals surface area contributed by atoms with Gasteiger partial charge in [-0.25, -0.2) is 0 Å². The van der Waals surface area contributed by atoms with Gasteiger partial charge < -0.3 is 0 Å². The summed E-state index contributed by atoms with van der Waals surface area (Å²) < 4.78 is 59.7. The lowest BCUT2D eigenvalue weighted by Gasteiger charge is -2.28.